The smallest absolute Gasteiger partial charge is 0.248 e. The number of hydrogen-bond donors (Lipinski definition) is 2. The Balaban J connectivity index is 2.38. The first-order chi connectivity index (χ1) is 9.23. The summed E-state index contributed by atoms with van der Waals surface area (Å²) in [7, 11) is -4.27. The zero-order valence-corrected chi connectivity index (χ0v) is 11.7. The van der Waals surface area contributed by atoms with Gasteiger partial charge >= 0.3 is 0 Å². The van der Waals surface area contributed by atoms with Crippen molar-refractivity contribution in [3.05, 3.63) is 23.8 Å². The molecule has 1 aromatic carbocycles. The molecule has 1 aliphatic heterocycles. The van der Waals surface area contributed by atoms with Gasteiger partial charge in [-0.3, -0.25) is 0 Å². The van der Waals surface area contributed by atoms with Crippen LogP contribution in [-0.2, 0) is 10.0 Å². The van der Waals surface area contributed by atoms with Crippen molar-refractivity contribution in [2.75, 3.05) is 18.8 Å². The monoisotopic (exact) mass is 306 g/mol. The lowest BCUT2D eigenvalue weighted by atomic mass is 10.0. The zero-order valence-electron chi connectivity index (χ0n) is 10.9. The predicted molar refractivity (Wildman–Crippen MR) is 69.3 cm³/mol. The fraction of sp³-hybridized carbons (Fsp3) is 0.500. The van der Waals surface area contributed by atoms with E-state index in [0.717, 1.165) is 16.4 Å². The molecule has 1 fully saturated rings. The fourth-order valence-electron chi connectivity index (χ4n) is 2.32. The van der Waals surface area contributed by atoms with Crippen molar-refractivity contribution < 1.29 is 22.3 Å². The summed E-state index contributed by atoms with van der Waals surface area (Å²) in [5.41, 5.74) is 5.09. The number of aliphatic hydroxyl groups is 1. The number of halogens is 2. The Labute approximate surface area is 116 Å². The van der Waals surface area contributed by atoms with Crippen molar-refractivity contribution in [3.63, 3.8) is 0 Å². The third kappa shape index (κ3) is 2.63. The summed E-state index contributed by atoms with van der Waals surface area (Å²) in [6.07, 6.45) is -0.217. The van der Waals surface area contributed by atoms with E-state index in [2.05, 4.69) is 0 Å². The number of sulfonamides is 1. The molecule has 0 aromatic heterocycles. The van der Waals surface area contributed by atoms with Gasteiger partial charge in [-0.1, -0.05) is 0 Å². The van der Waals surface area contributed by atoms with E-state index in [1.807, 2.05) is 0 Å². The summed E-state index contributed by atoms with van der Waals surface area (Å²) in [5.74, 6) is -2.64. The summed E-state index contributed by atoms with van der Waals surface area (Å²) < 4.78 is 53.0. The Morgan fingerprint density at radius 2 is 1.95 bits per heavy atom. The van der Waals surface area contributed by atoms with Crippen LogP contribution >= 0.6 is 0 Å². The van der Waals surface area contributed by atoms with Gasteiger partial charge in [-0.2, -0.15) is 4.31 Å². The second-order valence-corrected chi connectivity index (χ2v) is 6.84. The van der Waals surface area contributed by atoms with Crippen LogP contribution in [0.4, 0.5) is 14.5 Å². The molecule has 2 rings (SSSR count). The molecule has 1 aromatic rings. The molecule has 0 saturated carbocycles. The number of nitrogens with two attached hydrogens (primary N) is 1. The maximum atomic E-state index is 13.7. The molecule has 112 valence electrons. The predicted octanol–water partition coefficient (Wildman–Crippen LogP) is 0.938. The quantitative estimate of drug-likeness (QED) is 0.814. The van der Waals surface area contributed by atoms with E-state index in [0.29, 0.717) is 6.42 Å². The number of aliphatic hydroxyl groups excluding tert-OH is 1. The minimum atomic E-state index is -4.27. The Bertz CT molecular complexity index is 596. The van der Waals surface area contributed by atoms with E-state index in [9.17, 15) is 22.3 Å². The van der Waals surface area contributed by atoms with Gasteiger partial charge < -0.3 is 10.8 Å². The standard InChI is InChI=1S/C12H16F2N2O3S/c1-7(17)8-2-3-16(6-8)20(18,19)12-10(13)4-9(15)5-11(12)14/h4-5,7-8,17H,2-3,6,15H2,1H3. The average Bonchev–Trinajstić information content (AvgIpc) is 2.76. The van der Waals surface area contributed by atoms with E-state index < -0.39 is 32.7 Å². The first-order valence-electron chi connectivity index (χ1n) is 6.16. The molecule has 20 heavy (non-hydrogen) atoms. The molecule has 1 saturated heterocycles. The van der Waals surface area contributed by atoms with Crippen molar-refractivity contribution in [2.45, 2.75) is 24.3 Å². The molecular formula is C12H16F2N2O3S. The number of nitrogens with zero attached hydrogens (tertiary/aromatic N) is 1. The second kappa shape index (κ2) is 5.27. The number of benzene rings is 1. The van der Waals surface area contributed by atoms with Gasteiger partial charge in [0.1, 0.15) is 11.6 Å². The van der Waals surface area contributed by atoms with Gasteiger partial charge in [0.25, 0.3) is 0 Å². The molecule has 0 amide bonds. The average molecular weight is 306 g/mol. The van der Waals surface area contributed by atoms with Crippen molar-refractivity contribution in [2.24, 2.45) is 5.92 Å². The fourth-order valence-corrected chi connectivity index (χ4v) is 3.92. The highest BCUT2D eigenvalue weighted by Crippen LogP contribution is 2.29. The zero-order chi connectivity index (χ0) is 15.1. The molecule has 0 radical (unpaired) electrons. The summed E-state index contributed by atoms with van der Waals surface area (Å²) >= 11 is 0. The molecule has 1 aliphatic rings. The molecule has 0 bridgehead atoms. The lowest BCUT2D eigenvalue weighted by molar-refractivity contribution is 0.133. The highest BCUT2D eigenvalue weighted by Gasteiger charge is 2.37. The van der Waals surface area contributed by atoms with Crippen molar-refractivity contribution >= 4 is 15.7 Å². The molecule has 1 heterocycles. The van der Waals surface area contributed by atoms with Gasteiger partial charge in [-0.25, -0.2) is 17.2 Å². The van der Waals surface area contributed by atoms with E-state index in [1.54, 1.807) is 6.92 Å². The van der Waals surface area contributed by atoms with Crippen LogP contribution in [0.5, 0.6) is 0 Å². The van der Waals surface area contributed by atoms with Crippen LogP contribution in [0, 0.1) is 17.6 Å². The van der Waals surface area contributed by atoms with Crippen molar-refractivity contribution in [1.29, 1.82) is 0 Å². The third-order valence-electron chi connectivity index (χ3n) is 3.49. The SMILES string of the molecule is CC(O)C1CCN(S(=O)(=O)c2c(F)cc(N)cc2F)C1. The van der Waals surface area contributed by atoms with Crippen LogP contribution in [0.25, 0.3) is 0 Å². The lowest BCUT2D eigenvalue weighted by Gasteiger charge is -2.18. The first kappa shape index (κ1) is 15.1. The highest BCUT2D eigenvalue weighted by molar-refractivity contribution is 7.89. The van der Waals surface area contributed by atoms with Crippen LogP contribution in [-0.4, -0.2) is 37.0 Å². The summed E-state index contributed by atoms with van der Waals surface area (Å²) in [6.45, 7) is 1.73. The molecule has 3 N–H and O–H groups in total. The van der Waals surface area contributed by atoms with Crippen LogP contribution in [0.1, 0.15) is 13.3 Å². The normalized spacial score (nSPS) is 22.1. The molecule has 2 unspecified atom stereocenters. The maximum Gasteiger partial charge on any atom is 0.248 e. The number of nitrogen functional groups attached to an aromatic ring is 1. The Morgan fingerprint density at radius 3 is 2.40 bits per heavy atom. The van der Waals surface area contributed by atoms with Crippen molar-refractivity contribution in [1.82, 2.24) is 4.31 Å². The van der Waals surface area contributed by atoms with Gasteiger partial charge in [-0.15, -0.1) is 0 Å². The first-order valence-corrected chi connectivity index (χ1v) is 7.60. The topological polar surface area (TPSA) is 83.6 Å². The van der Waals surface area contributed by atoms with E-state index in [-0.39, 0.29) is 24.7 Å². The van der Waals surface area contributed by atoms with E-state index >= 15 is 0 Å². The van der Waals surface area contributed by atoms with E-state index in [1.165, 1.54) is 0 Å². The Hall–Kier alpha value is -1.25. The van der Waals surface area contributed by atoms with Gasteiger partial charge in [0.15, 0.2) is 4.90 Å². The minimum absolute atomic E-state index is 0.0449. The Morgan fingerprint density at radius 1 is 1.40 bits per heavy atom. The number of anilines is 1. The van der Waals surface area contributed by atoms with Crippen LogP contribution in [0.15, 0.2) is 17.0 Å². The molecule has 0 spiro atoms. The van der Waals surface area contributed by atoms with Crippen LogP contribution in [0.3, 0.4) is 0 Å². The van der Waals surface area contributed by atoms with E-state index in [4.69, 9.17) is 5.73 Å². The molecule has 0 aliphatic carbocycles. The largest absolute Gasteiger partial charge is 0.399 e. The lowest BCUT2D eigenvalue weighted by Crippen LogP contribution is -2.31. The van der Waals surface area contributed by atoms with Crippen LogP contribution < -0.4 is 5.73 Å². The minimum Gasteiger partial charge on any atom is -0.399 e. The molecular weight excluding hydrogens is 290 g/mol. The molecule has 2 atom stereocenters. The maximum absolute atomic E-state index is 13.7. The number of rotatable bonds is 3. The molecule has 8 heteroatoms. The van der Waals surface area contributed by atoms with Gasteiger partial charge in [-0.05, 0) is 31.4 Å². The highest BCUT2D eigenvalue weighted by atomic mass is 32.2. The van der Waals surface area contributed by atoms with Gasteiger partial charge in [0, 0.05) is 18.8 Å². The second-order valence-electron chi connectivity index (χ2n) is 4.97. The summed E-state index contributed by atoms with van der Waals surface area (Å²) in [6, 6.07) is 1.55. The third-order valence-corrected chi connectivity index (χ3v) is 5.41. The van der Waals surface area contributed by atoms with Gasteiger partial charge in [0.05, 0.1) is 6.10 Å². The summed E-state index contributed by atoms with van der Waals surface area (Å²) in [4.78, 5) is -0.988. The molecule has 5 nitrogen and oxygen atoms in total. The number of hydrogen-bond acceptors (Lipinski definition) is 4. The summed E-state index contributed by atoms with van der Waals surface area (Å²) in [5, 5.41) is 9.47. The van der Waals surface area contributed by atoms with Crippen molar-refractivity contribution in [3.8, 4) is 0 Å². The Kier molecular flexibility index (Phi) is 3.99. The van der Waals surface area contributed by atoms with Gasteiger partial charge in [0.2, 0.25) is 10.0 Å². The van der Waals surface area contributed by atoms with Crippen LogP contribution in [0.2, 0.25) is 0 Å².